The van der Waals surface area contributed by atoms with Crippen LogP contribution in [-0.2, 0) is 4.79 Å². The maximum atomic E-state index is 11.1. The number of nitrogens with one attached hydrogen (secondary N) is 1. The molecule has 0 aromatic carbocycles. The van der Waals surface area contributed by atoms with Crippen LogP contribution in [0.15, 0.2) is 22.8 Å². The van der Waals surface area contributed by atoms with Gasteiger partial charge in [0.15, 0.2) is 0 Å². The molecule has 1 N–H and O–H groups in total. The van der Waals surface area contributed by atoms with Gasteiger partial charge in [0.1, 0.15) is 5.82 Å². The van der Waals surface area contributed by atoms with Gasteiger partial charge in [-0.15, -0.1) is 0 Å². The number of carbonyl (C=O) groups is 1. The molecule has 0 saturated heterocycles. The molecule has 70 valence electrons. The molecule has 0 aliphatic heterocycles. The number of aromatic nitrogens is 1. The van der Waals surface area contributed by atoms with Gasteiger partial charge in [0.05, 0.1) is 0 Å². The fourth-order valence-corrected chi connectivity index (χ4v) is 1.12. The Kier molecular flexibility index (Phi) is 3.89. The molecule has 0 atom stereocenters. The van der Waals surface area contributed by atoms with Crippen molar-refractivity contribution in [2.75, 3.05) is 5.32 Å². The first-order valence-corrected chi connectivity index (χ1v) is 4.93. The normalized spacial score (nSPS) is 9.69. The van der Waals surface area contributed by atoms with Crippen LogP contribution >= 0.6 is 15.9 Å². The second-order valence-electron chi connectivity index (χ2n) is 2.66. The quantitative estimate of drug-likeness (QED) is 0.886. The molecule has 3 nitrogen and oxygen atoms in total. The first-order valence-electron chi connectivity index (χ1n) is 4.13. The van der Waals surface area contributed by atoms with Gasteiger partial charge in [-0.25, -0.2) is 4.98 Å². The number of anilines is 1. The Bertz CT molecular complexity index is 284. The molecule has 0 aliphatic carbocycles. The number of carbonyl (C=O) groups excluding carboxylic acids is 1. The van der Waals surface area contributed by atoms with E-state index in [1.807, 2.05) is 13.0 Å². The van der Waals surface area contributed by atoms with Gasteiger partial charge in [-0.1, -0.05) is 6.92 Å². The number of rotatable bonds is 3. The van der Waals surface area contributed by atoms with Crippen molar-refractivity contribution >= 4 is 27.7 Å². The predicted octanol–water partition coefficient (Wildman–Crippen LogP) is 2.58. The van der Waals surface area contributed by atoms with Gasteiger partial charge in [0.25, 0.3) is 0 Å². The molecule has 0 spiro atoms. The van der Waals surface area contributed by atoms with Gasteiger partial charge < -0.3 is 5.32 Å². The number of amides is 1. The Balaban J connectivity index is 2.54. The minimum Gasteiger partial charge on any atom is -0.311 e. The van der Waals surface area contributed by atoms with Crippen molar-refractivity contribution in [3.8, 4) is 0 Å². The van der Waals surface area contributed by atoms with Gasteiger partial charge >= 0.3 is 0 Å². The van der Waals surface area contributed by atoms with Crippen LogP contribution in [0, 0.1) is 0 Å². The summed E-state index contributed by atoms with van der Waals surface area (Å²) in [5.74, 6) is 0.610. The molecule has 1 amide bonds. The summed E-state index contributed by atoms with van der Waals surface area (Å²) < 4.78 is 0.904. The van der Waals surface area contributed by atoms with E-state index in [2.05, 4.69) is 26.2 Å². The van der Waals surface area contributed by atoms with E-state index >= 15 is 0 Å². The lowest BCUT2D eigenvalue weighted by molar-refractivity contribution is -0.116. The Morgan fingerprint density at radius 2 is 2.38 bits per heavy atom. The molecular formula is C9H11BrN2O. The highest BCUT2D eigenvalue weighted by molar-refractivity contribution is 9.10. The summed E-state index contributed by atoms with van der Waals surface area (Å²) in [4.78, 5) is 15.2. The van der Waals surface area contributed by atoms with Gasteiger partial charge in [-0.3, -0.25) is 4.79 Å². The average molecular weight is 243 g/mol. The van der Waals surface area contributed by atoms with Crippen molar-refractivity contribution in [1.29, 1.82) is 0 Å². The van der Waals surface area contributed by atoms with E-state index in [-0.39, 0.29) is 5.91 Å². The number of pyridine rings is 1. The molecule has 13 heavy (non-hydrogen) atoms. The van der Waals surface area contributed by atoms with Crippen molar-refractivity contribution in [3.63, 3.8) is 0 Å². The van der Waals surface area contributed by atoms with E-state index in [0.29, 0.717) is 12.2 Å². The highest BCUT2D eigenvalue weighted by atomic mass is 79.9. The summed E-state index contributed by atoms with van der Waals surface area (Å²) in [6, 6.07) is 3.60. The molecule has 1 heterocycles. The predicted molar refractivity (Wildman–Crippen MR) is 55.5 cm³/mol. The zero-order valence-corrected chi connectivity index (χ0v) is 8.97. The summed E-state index contributed by atoms with van der Waals surface area (Å²) in [5.41, 5.74) is 0. The number of nitrogens with zero attached hydrogens (tertiary/aromatic N) is 1. The fraction of sp³-hybridized carbons (Fsp3) is 0.333. The molecular weight excluding hydrogens is 232 g/mol. The second-order valence-corrected chi connectivity index (χ2v) is 3.58. The molecule has 1 rings (SSSR count). The van der Waals surface area contributed by atoms with Crippen LogP contribution < -0.4 is 5.32 Å². The minimum atomic E-state index is 0.0114. The van der Waals surface area contributed by atoms with Crippen molar-refractivity contribution in [1.82, 2.24) is 4.98 Å². The summed E-state index contributed by atoms with van der Waals surface area (Å²) in [5, 5.41) is 2.70. The third-order valence-electron chi connectivity index (χ3n) is 1.47. The zero-order chi connectivity index (χ0) is 9.68. The smallest absolute Gasteiger partial charge is 0.225 e. The third kappa shape index (κ3) is 3.55. The molecule has 4 heteroatoms. The van der Waals surface area contributed by atoms with Crippen LogP contribution in [0.1, 0.15) is 19.8 Å². The summed E-state index contributed by atoms with van der Waals surface area (Å²) in [6.07, 6.45) is 3.04. The fourth-order valence-electron chi connectivity index (χ4n) is 0.882. The van der Waals surface area contributed by atoms with E-state index in [4.69, 9.17) is 0 Å². The largest absolute Gasteiger partial charge is 0.311 e. The second kappa shape index (κ2) is 4.97. The van der Waals surface area contributed by atoms with Crippen molar-refractivity contribution in [2.24, 2.45) is 0 Å². The Hall–Kier alpha value is -0.900. The van der Waals surface area contributed by atoms with Crippen LogP contribution in [-0.4, -0.2) is 10.9 Å². The minimum absolute atomic E-state index is 0.0114. The number of halogens is 1. The molecule has 1 aromatic rings. The average Bonchev–Trinajstić information content (AvgIpc) is 2.09. The van der Waals surface area contributed by atoms with E-state index in [1.165, 1.54) is 0 Å². The van der Waals surface area contributed by atoms with Gasteiger partial charge in [0.2, 0.25) is 5.91 Å². The SMILES string of the molecule is CCCC(=O)Nc1ccc(Br)cn1. The lowest BCUT2D eigenvalue weighted by Gasteiger charge is -2.02. The van der Waals surface area contributed by atoms with Gasteiger partial charge in [-0.05, 0) is 34.5 Å². The molecule has 0 fully saturated rings. The standard InChI is InChI=1S/C9H11BrN2O/c1-2-3-9(13)12-8-5-4-7(10)6-11-8/h4-6H,2-3H2,1H3,(H,11,12,13). The van der Waals surface area contributed by atoms with Gasteiger partial charge in [-0.2, -0.15) is 0 Å². The monoisotopic (exact) mass is 242 g/mol. The molecule has 0 aliphatic rings. The molecule has 1 aromatic heterocycles. The Labute approximate surface area is 85.7 Å². The van der Waals surface area contributed by atoms with Crippen molar-refractivity contribution in [3.05, 3.63) is 22.8 Å². The summed E-state index contributed by atoms with van der Waals surface area (Å²) >= 11 is 3.27. The molecule has 0 saturated carbocycles. The molecule has 0 bridgehead atoms. The first kappa shape index (κ1) is 10.2. The van der Waals surface area contributed by atoms with Crippen LogP contribution in [0.2, 0.25) is 0 Å². The third-order valence-corrected chi connectivity index (χ3v) is 1.94. The van der Waals surface area contributed by atoms with E-state index < -0.39 is 0 Å². The van der Waals surface area contributed by atoms with Crippen molar-refractivity contribution in [2.45, 2.75) is 19.8 Å². The summed E-state index contributed by atoms with van der Waals surface area (Å²) in [6.45, 7) is 1.97. The highest BCUT2D eigenvalue weighted by Crippen LogP contribution is 2.10. The number of hydrogen-bond donors (Lipinski definition) is 1. The highest BCUT2D eigenvalue weighted by Gasteiger charge is 2.00. The maximum Gasteiger partial charge on any atom is 0.225 e. The lowest BCUT2D eigenvalue weighted by atomic mass is 10.3. The summed E-state index contributed by atoms with van der Waals surface area (Å²) in [7, 11) is 0. The Morgan fingerprint density at radius 1 is 1.62 bits per heavy atom. The van der Waals surface area contributed by atoms with Crippen LogP contribution in [0.3, 0.4) is 0 Å². The molecule has 0 radical (unpaired) electrons. The van der Waals surface area contributed by atoms with E-state index in [1.54, 1.807) is 12.3 Å². The van der Waals surface area contributed by atoms with Crippen LogP contribution in [0.25, 0.3) is 0 Å². The molecule has 0 unspecified atom stereocenters. The van der Waals surface area contributed by atoms with E-state index in [0.717, 1.165) is 10.9 Å². The zero-order valence-electron chi connectivity index (χ0n) is 7.38. The van der Waals surface area contributed by atoms with Crippen LogP contribution in [0.5, 0.6) is 0 Å². The topological polar surface area (TPSA) is 42.0 Å². The first-order chi connectivity index (χ1) is 6.22. The lowest BCUT2D eigenvalue weighted by Crippen LogP contribution is -2.11. The maximum absolute atomic E-state index is 11.1. The van der Waals surface area contributed by atoms with E-state index in [9.17, 15) is 4.79 Å². The van der Waals surface area contributed by atoms with Gasteiger partial charge in [0, 0.05) is 17.1 Å². The van der Waals surface area contributed by atoms with Crippen molar-refractivity contribution < 1.29 is 4.79 Å². The number of hydrogen-bond acceptors (Lipinski definition) is 2. The van der Waals surface area contributed by atoms with Crippen LogP contribution in [0.4, 0.5) is 5.82 Å². The Morgan fingerprint density at radius 3 is 2.92 bits per heavy atom.